The molecule has 5 rings (SSSR count). The van der Waals surface area contributed by atoms with Crippen LogP contribution in [0.3, 0.4) is 0 Å². The van der Waals surface area contributed by atoms with Crippen molar-refractivity contribution < 1.29 is 4.79 Å². The van der Waals surface area contributed by atoms with Crippen LogP contribution in [-0.4, -0.2) is 62.6 Å². The van der Waals surface area contributed by atoms with Crippen LogP contribution in [0.4, 0.5) is 5.82 Å². The van der Waals surface area contributed by atoms with Crippen molar-refractivity contribution in [3.8, 4) is 5.69 Å². The third-order valence-electron chi connectivity index (χ3n) is 6.66. The van der Waals surface area contributed by atoms with Gasteiger partial charge in [0.15, 0.2) is 5.65 Å². The fraction of sp³-hybridized carbons (Fsp3) is 0.357. The van der Waals surface area contributed by atoms with Gasteiger partial charge in [0.1, 0.15) is 11.6 Å². The number of rotatable bonds is 6. The largest absolute Gasteiger partial charge is 0.354 e. The normalized spacial score (nSPS) is 14.8. The Morgan fingerprint density at radius 1 is 0.944 bits per heavy atom. The molecule has 0 bridgehead atoms. The van der Waals surface area contributed by atoms with Crippen molar-refractivity contribution in [1.29, 1.82) is 0 Å². The van der Waals surface area contributed by atoms with Crippen LogP contribution in [0.2, 0.25) is 0 Å². The predicted octanol–water partition coefficient (Wildman–Crippen LogP) is 4.71. The van der Waals surface area contributed by atoms with Crippen molar-refractivity contribution in [3.05, 3.63) is 78.2 Å². The fourth-order valence-electron chi connectivity index (χ4n) is 4.61. The van der Waals surface area contributed by atoms with E-state index < -0.39 is 5.41 Å². The third kappa shape index (κ3) is 4.93. The highest BCUT2D eigenvalue weighted by Crippen LogP contribution is 2.28. The van der Waals surface area contributed by atoms with E-state index in [0.29, 0.717) is 31.9 Å². The molecule has 2 aromatic carbocycles. The van der Waals surface area contributed by atoms with Crippen molar-refractivity contribution >= 4 is 34.4 Å². The molecule has 7 nitrogen and oxygen atoms in total. The van der Waals surface area contributed by atoms with E-state index in [1.165, 1.54) is 0 Å². The molecule has 2 aromatic heterocycles. The fourth-order valence-corrected chi connectivity index (χ4v) is 4.73. The zero-order valence-electron chi connectivity index (χ0n) is 20.8. The van der Waals surface area contributed by atoms with Gasteiger partial charge in [0.25, 0.3) is 0 Å². The first kappa shape index (κ1) is 24.3. The molecule has 0 N–H and O–H groups in total. The lowest BCUT2D eigenvalue weighted by molar-refractivity contribution is -0.139. The Bertz CT molecular complexity index is 1340. The Kier molecular flexibility index (Phi) is 6.92. The van der Waals surface area contributed by atoms with Gasteiger partial charge < -0.3 is 9.80 Å². The van der Waals surface area contributed by atoms with Gasteiger partial charge in [-0.1, -0.05) is 48.5 Å². The second-order valence-corrected chi connectivity index (χ2v) is 10.2. The summed E-state index contributed by atoms with van der Waals surface area (Å²) >= 11 is 6.09. The van der Waals surface area contributed by atoms with Crippen molar-refractivity contribution in [2.24, 2.45) is 5.41 Å². The molecular weight excluding hydrogens is 472 g/mol. The molecule has 0 saturated carbocycles. The Hall–Kier alpha value is -3.45. The highest BCUT2D eigenvalue weighted by molar-refractivity contribution is 6.19. The summed E-state index contributed by atoms with van der Waals surface area (Å²) in [6.07, 6.45) is 3.34. The van der Waals surface area contributed by atoms with E-state index in [1.807, 2.05) is 78.2 Å². The number of nitrogens with zero attached hydrogens (tertiary/aromatic N) is 6. The molecule has 1 saturated heterocycles. The van der Waals surface area contributed by atoms with Crippen LogP contribution < -0.4 is 4.90 Å². The summed E-state index contributed by atoms with van der Waals surface area (Å²) in [5.74, 6) is 2.04. The summed E-state index contributed by atoms with van der Waals surface area (Å²) in [4.78, 5) is 27.3. The van der Waals surface area contributed by atoms with Gasteiger partial charge in [-0.2, -0.15) is 5.10 Å². The summed E-state index contributed by atoms with van der Waals surface area (Å²) in [7, 11) is 0. The molecular formula is C28H31ClN6O. The van der Waals surface area contributed by atoms with E-state index in [2.05, 4.69) is 22.1 Å². The monoisotopic (exact) mass is 502 g/mol. The molecule has 186 valence electrons. The quantitative estimate of drug-likeness (QED) is 0.357. The van der Waals surface area contributed by atoms with Crippen molar-refractivity contribution in [3.63, 3.8) is 0 Å². The van der Waals surface area contributed by atoms with Gasteiger partial charge in [0, 0.05) is 38.5 Å². The number of anilines is 1. The van der Waals surface area contributed by atoms with Crippen LogP contribution in [0.5, 0.6) is 0 Å². The lowest BCUT2D eigenvalue weighted by atomic mass is 9.94. The Morgan fingerprint density at radius 3 is 2.39 bits per heavy atom. The van der Waals surface area contributed by atoms with E-state index in [4.69, 9.17) is 21.6 Å². The molecule has 0 radical (unpaired) electrons. The number of amides is 1. The third-order valence-corrected chi connectivity index (χ3v) is 7.32. The van der Waals surface area contributed by atoms with Gasteiger partial charge in [0.2, 0.25) is 5.91 Å². The molecule has 0 unspecified atom stereocenters. The molecule has 0 aliphatic carbocycles. The van der Waals surface area contributed by atoms with Crippen LogP contribution in [0, 0.1) is 5.41 Å². The average molecular weight is 503 g/mol. The molecule has 36 heavy (non-hydrogen) atoms. The van der Waals surface area contributed by atoms with Crippen LogP contribution in [-0.2, 0) is 11.2 Å². The maximum Gasteiger partial charge on any atom is 0.229 e. The minimum absolute atomic E-state index is 0.105. The Morgan fingerprint density at radius 2 is 1.67 bits per heavy atom. The average Bonchev–Trinajstić information content (AvgIpc) is 3.18. The molecule has 1 aliphatic heterocycles. The van der Waals surface area contributed by atoms with E-state index in [9.17, 15) is 4.79 Å². The smallest absolute Gasteiger partial charge is 0.229 e. The molecule has 1 amide bonds. The van der Waals surface area contributed by atoms with Crippen molar-refractivity contribution in [2.45, 2.75) is 26.7 Å². The van der Waals surface area contributed by atoms with Crippen LogP contribution in [0.1, 0.15) is 31.7 Å². The second kappa shape index (κ2) is 10.3. The van der Waals surface area contributed by atoms with Gasteiger partial charge in [-0.3, -0.25) is 4.79 Å². The topological polar surface area (TPSA) is 67.2 Å². The molecule has 4 aromatic rings. The maximum atomic E-state index is 13.1. The predicted molar refractivity (Wildman–Crippen MR) is 144 cm³/mol. The van der Waals surface area contributed by atoms with E-state index in [1.54, 1.807) is 0 Å². The molecule has 0 spiro atoms. The summed E-state index contributed by atoms with van der Waals surface area (Å²) in [5, 5.41) is 5.60. The van der Waals surface area contributed by atoms with Crippen LogP contribution in [0.15, 0.2) is 66.9 Å². The Balaban J connectivity index is 1.52. The number of hydrogen-bond donors (Lipinski definition) is 0. The molecule has 3 heterocycles. The molecule has 1 aliphatic rings. The van der Waals surface area contributed by atoms with Crippen LogP contribution in [0.25, 0.3) is 16.7 Å². The van der Waals surface area contributed by atoms with E-state index in [-0.39, 0.29) is 5.91 Å². The van der Waals surface area contributed by atoms with Crippen LogP contribution >= 0.6 is 11.6 Å². The highest BCUT2D eigenvalue weighted by Gasteiger charge is 2.32. The number of aromatic nitrogens is 4. The van der Waals surface area contributed by atoms with Crippen molar-refractivity contribution in [2.75, 3.05) is 37.0 Å². The zero-order valence-corrected chi connectivity index (χ0v) is 21.5. The summed E-state index contributed by atoms with van der Waals surface area (Å²) in [5.41, 5.74) is 2.33. The molecule has 8 heteroatoms. The first-order valence-electron chi connectivity index (χ1n) is 12.4. The molecule has 1 fully saturated rings. The summed E-state index contributed by atoms with van der Waals surface area (Å²) in [6, 6.07) is 20.3. The number of hydrogen-bond acceptors (Lipinski definition) is 5. The second-order valence-electron chi connectivity index (χ2n) is 9.91. The van der Waals surface area contributed by atoms with Gasteiger partial charge >= 0.3 is 0 Å². The van der Waals surface area contributed by atoms with Gasteiger partial charge in [-0.05, 0) is 38.0 Å². The lowest BCUT2D eigenvalue weighted by Crippen LogP contribution is -2.43. The number of para-hydroxylation sites is 1. The minimum Gasteiger partial charge on any atom is -0.354 e. The number of carbonyl (C=O) groups is 1. The number of halogens is 1. The first-order chi connectivity index (χ1) is 17.5. The number of fused-ring (bicyclic) bond motifs is 1. The Labute approximate surface area is 216 Å². The van der Waals surface area contributed by atoms with Gasteiger partial charge in [-0.25, -0.2) is 14.6 Å². The first-order valence-corrected chi connectivity index (χ1v) is 12.9. The number of carbonyl (C=O) groups excluding carboxylic acids is 1. The summed E-state index contributed by atoms with van der Waals surface area (Å²) < 4.78 is 1.88. The SMILES string of the molecule is CC(C)(CCl)C(=O)N1CCCN(c2nc(Cc3ccccc3)nc3c2cnn3-c2ccccc2)CC1. The standard InChI is InChI=1S/C28H31ClN6O/c1-28(2,20-29)27(36)34-15-9-14-33(16-17-34)25-23-19-30-35(22-12-7-4-8-13-22)26(23)32-24(31-25)18-21-10-5-3-6-11-21/h3-8,10-13,19H,9,14-18,20H2,1-2H3. The molecule has 0 atom stereocenters. The van der Waals surface area contributed by atoms with Gasteiger partial charge in [0.05, 0.1) is 22.7 Å². The summed E-state index contributed by atoms with van der Waals surface area (Å²) in [6.45, 7) is 6.66. The minimum atomic E-state index is -0.571. The maximum absolute atomic E-state index is 13.1. The number of benzene rings is 2. The van der Waals surface area contributed by atoms with Crippen molar-refractivity contribution in [1.82, 2.24) is 24.6 Å². The van der Waals surface area contributed by atoms with Gasteiger partial charge in [-0.15, -0.1) is 11.6 Å². The number of alkyl halides is 1. The van der Waals surface area contributed by atoms with E-state index >= 15 is 0 Å². The van der Waals surface area contributed by atoms with E-state index in [0.717, 1.165) is 46.9 Å². The lowest BCUT2D eigenvalue weighted by Gasteiger charge is -2.30. The zero-order chi connectivity index (χ0) is 25.1. The highest BCUT2D eigenvalue weighted by atomic mass is 35.5.